The predicted octanol–water partition coefficient (Wildman–Crippen LogP) is 6.23. The third kappa shape index (κ3) is 5.32. The van der Waals surface area contributed by atoms with Gasteiger partial charge < -0.3 is 0 Å². The van der Waals surface area contributed by atoms with Crippen molar-refractivity contribution in [3.63, 3.8) is 0 Å². The summed E-state index contributed by atoms with van der Waals surface area (Å²) in [4.78, 5) is 0. The summed E-state index contributed by atoms with van der Waals surface area (Å²) in [6, 6.07) is 13.6. The van der Waals surface area contributed by atoms with Crippen LogP contribution in [-0.4, -0.2) is 0 Å². The molecule has 1 aromatic carbocycles. The maximum Gasteiger partial charge on any atom is 0.0631 e. The van der Waals surface area contributed by atoms with Crippen LogP contribution in [0, 0.1) is 0 Å². The van der Waals surface area contributed by atoms with Crippen LogP contribution in [0.5, 0.6) is 0 Å². The van der Waals surface area contributed by atoms with Gasteiger partial charge in [-0.15, -0.1) is 0 Å². The van der Waals surface area contributed by atoms with Gasteiger partial charge in [-0.05, 0) is 57.5 Å². The maximum absolute atomic E-state index is 6.92. The Morgan fingerprint density at radius 1 is 1.00 bits per heavy atom. The lowest BCUT2D eigenvalue weighted by atomic mass is 9.95. The molecule has 2 heterocycles. The second-order valence-corrected chi connectivity index (χ2v) is 6.17. The molecule has 1 atom stereocenters. The second kappa shape index (κ2) is 8.72. The number of benzene rings is 1. The average molecular weight is 303 g/mol. The standard InChI is InChI=1S/C14H16S.C4H4S/c1-12(14-5-3-2-4-6-14)7-8-13-9-10-15-11-13;1-2-4-5-3-1/h2-6,9-12H,7-8H2,1H3;1-4H/i;1D,2D. The molecule has 0 aliphatic heterocycles. The fraction of sp³-hybridized carbons (Fsp3) is 0.222. The second-order valence-electron chi connectivity index (χ2n) is 4.64. The highest BCUT2D eigenvalue weighted by Crippen LogP contribution is 2.21. The quantitative estimate of drug-likeness (QED) is 0.535. The van der Waals surface area contributed by atoms with Gasteiger partial charge in [0, 0.05) is 0 Å². The van der Waals surface area contributed by atoms with E-state index in [0.717, 1.165) is 0 Å². The van der Waals surface area contributed by atoms with Crippen molar-refractivity contribution in [3.8, 4) is 0 Å². The Bertz CT molecular complexity index is 628. The molecule has 20 heavy (non-hydrogen) atoms. The van der Waals surface area contributed by atoms with Crippen LogP contribution in [0.1, 0.15) is 33.1 Å². The normalized spacial score (nSPS) is 12.8. The summed E-state index contributed by atoms with van der Waals surface area (Å²) in [5, 5.41) is 7.69. The van der Waals surface area contributed by atoms with Gasteiger partial charge in [-0.25, -0.2) is 0 Å². The monoisotopic (exact) mass is 302 g/mol. The molecule has 0 saturated heterocycles. The van der Waals surface area contributed by atoms with Crippen molar-refractivity contribution in [1.29, 1.82) is 0 Å². The summed E-state index contributed by atoms with van der Waals surface area (Å²) in [6.07, 6.45) is 2.43. The first-order valence-corrected chi connectivity index (χ1v) is 8.60. The Kier molecular flexibility index (Phi) is 5.39. The van der Waals surface area contributed by atoms with Crippen LogP contribution in [0.15, 0.2) is 70.0 Å². The van der Waals surface area contributed by atoms with Crippen molar-refractivity contribution in [2.45, 2.75) is 25.7 Å². The van der Waals surface area contributed by atoms with Gasteiger partial charge >= 0.3 is 0 Å². The minimum atomic E-state index is 0.324. The first-order chi connectivity index (χ1) is 10.7. The molecule has 0 nitrogen and oxygen atoms in total. The highest BCUT2D eigenvalue weighted by atomic mass is 32.1. The molecule has 3 rings (SSSR count). The van der Waals surface area contributed by atoms with E-state index in [9.17, 15) is 0 Å². The fourth-order valence-corrected chi connectivity index (χ4v) is 2.98. The zero-order valence-electron chi connectivity index (χ0n) is 13.6. The van der Waals surface area contributed by atoms with E-state index in [4.69, 9.17) is 2.74 Å². The lowest BCUT2D eigenvalue weighted by Crippen LogP contribution is -1.95. The molecular weight excluding hydrogens is 280 g/mol. The Labute approximate surface area is 132 Å². The lowest BCUT2D eigenvalue weighted by Gasteiger charge is -2.10. The summed E-state index contributed by atoms with van der Waals surface area (Å²) in [5.74, 6) is 0.658. The Hall–Kier alpha value is -1.38. The van der Waals surface area contributed by atoms with E-state index in [-0.39, 0.29) is 0 Å². The van der Waals surface area contributed by atoms with Crippen LogP contribution in [0.4, 0.5) is 0 Å². The predicted molar refractivity (Wildman–Crippen MR) is 91.8 cm³/mol. The highest BCUT2D eigenvalue weighted by Gasteiger charge is 2.04. The summed E-state index contributed by atoms with van der Waals surface area (Å²) in [6.45, 7) is 2.31. The van der Waals surface area contributed by atoms with E-state index in [2.05, 4.69) is 54.1 Å². The highest BCUT2D eigenvalue weighted by molar-refractivity contribution is 7.08. The largest absolute Gasteiger partial charge is 0.152 e. The fourth-order valence-electron chi connectivity index (χ4n) is 1.94. The van der Waals surface area contributed by atoms with Crippen LogP contribution in [0.25, 0.3) is 0 Å². The zero-order chi connectivity index (χ0) is 15.8. The molecule has 1 unspecified atom stereocenters. The van der Waals surface area contributed by atoms with Crippen molar-refractivity contribution in [2.24, 2.45) is 0 Å². The van der Waals surface area contributed by atoms with E-state index in [1.54, 1.807) is 22.1 Å². The molecule has 0 N–H and O–H groups in total. The van der Waals surface area contributed by atoms with Gasteiger partial charge in [-0.2, -0.15) is 22.7 Å². The molecular formula is C18H20S2. The molecule has 0 spiro atoms. The first kappa shape index (κ1) is 12.4. The molecule has 0 aliphatic carbocycles. The Morgan fingerprint density at radius 3 is 2.30 bits per heavy atom. The van der Waals surface area contributed by atoms with E-state index in [0.29, 0.717) is 18.0 Å². The molecule has 3 aromatic rings. The van der Waals surface area contributed by atoms with Gasteiger partial charge in [0.1, 0.15) is 0 Å². The van der Waals surface area contributed by atoms with Gasteiger partial charge in [0.2, 0.25) is 0 Å². The van der Waals surface area contributed by atoms with E-state index in [1.807, 2.05) is 0 Å². The lowest BCUT2D eigenvalue weighted by molar-refractivity contribution is 0.680. The number of thiophene rings is 2. The zero-order valence-corrected chi connectivity index (χ0v) is 13.2. The van der Waals surface area contributed by atoms with E-state index >= 15 is 0 Å². The number of hydrogen-bond acceptors (Lipinski definition) is 2. The van der Waals surface area contributed by atoms with E-state index in [1.165, 1.54) is 35.3 Å². The summed E-state index contributed by atoms with van der Waals surface area (Å²) in [5.41, 5.74) is 2.93. The summed E-state index contributed by atoms with van der Waals surface area (Å²) < 4.78 is 13.8. The van der Waals surface area contributed by atoms with Crippen LogP contribution in [-0.2, 0) is 6.42 Å². The Morgan fingerprint density at radius 2 is 1.75 bits per heavy atom. The number of rotatable bonds is 4. The summed E-state index contributed by atoms with van der Waals surface area (Å²) >= 11 is 3.18. The van der Waals surface area contributed by atoms with Crippen molar-refractivity contribution in [3.05, 3.63) is 81.1 Å². The first-order valence-electron chi connectivity index (χ1n) is 7.72. The molecule has 0 fully saturated rings. The van der Waals surface area contributed by atoms with Gasteiger partial charge in [0.25, 0.3) is 0 Å². The van der Waals surface area contributed by atoms with Crippen molar-refractivity contribution in [2.75, 3.05) is 0 Å². The third-order valence-electron chi connectivity index (χ3n) is 3.15. The van der Waals surface area contributed by atoms with Crippen molar-refractivity contribution in [1.82, 2.24) is 0 Å². The van der Waals surface area contributed by atoms with Crippen molar-refractivity contribution < 1.29 is 2.74 Å². The molecule has 0 bridgehead atoms. The van der Waals surface area contributed by atoms with Crippen molar-refractivity contribution >= 4 is 22.7 Å². The molecule has 104 valence electrons. The number of hydrogen-bond donors (Lipinski definition) is 0. The van der Waals surface area contributed by atoms with Gasteiger partial charge in [-0.1, -0.05) is 49.3 Å². The smallest absolute Gasteiger partial charge is 0.0631 e. The van der Waals surface area contributed by atoms with Crippen LogP contribution in [0.3, 0.4) is 0 Å². The topological polar surface area (TPSA) is 0 Å². The molecule has 0 radical (unpaired) electrons. The SMILES string of the molecule is CC(CCc1ccsc1)c1ccccc1.[2H]c1cscc1[2H]. The molecule has 2 heteroatoms. The van der Waals surface area contributed by atoms with E-state index < -0.39 is 0 Å². The van der Waals surface area contributed by atoms with Gasteiger partial charge in [0.05, 0.1) is 2.74 Å². The van der Waals surface area contributed by atoms with Gasteiger partial charge in [-0.3, -0.25) is 0 Å². The molecule has 0 amide bonds. The molecule has 0 aliphatic rings. The minimum Gasteiger partial charge on any atom is -0.152 e. The Balaban J connectivity index is 0.000000211. The van der Waals surface area contributed by atoms with Crippen LogP contribution < -0.4 is 0 Å². The minimum absolute atomic E-state index is 0.324. The van der Waals surface area contributed by atoms with Crippen LogP contribution in [0.2, 0.25) is 0 Å². The summed E-state index contributed by atoms with van der Waals surface area (Å²) in [7, 11) is 0. The van der Waals surface area contributed by atoms with Crippen LogP contribution >= 0.6 is 22.7 Å². The average Bonchev–Trinajstić information content (AvgIpc) is 3.19. The number of aryl methyl sites for hydroxylation is 1. The maximum atomic E-state index is 6.92. The molecule has 0 saturated carbocycles. The molecule has 2 aromatic heterocycles. The van der Waals surface area contributed by atoms with Gasteiger partial charge in [0.15, 0.2) is 0 Å². The third-order valence-corrected chi connectivity index (χ3v) is 4.39.